The summed E-state index contributed by atoms with van der Waals surface area (Å²) in [5.74, 6) is -0.0100. The first-order valence-corrected chi connectivity index (χ1v) is 8.56. The second-order valence-corrected chi connectivity index (χ2v) is 6.41. The van der Waals surface area contributed by atoms with Crippen LogP contribution in [0.5, 0.6) is 5.75 Å². The molecule has 1 aromatic carbocycles. The maximum atomic E-state index is 12.0. The molecule has 3 N–H and O–H groups in total. The van der Waals surface area contributed by atoms with Crippen molar-refractivity contribution in [1.29, 1.82) is 0 Å². The highest BCUT2D eigenvalue weighted by atomic mass is 16.5. The fraction of sp³-hybridized carbons (Fsp3) is 0.556. The van der Waals surface area contributed by atoms with Crippen molar-refractivity contribution < 1.29 is 19.4 Å². The molecular weight excluding hydrogens is 322 g/mol. The molecule has 7 heteroatoms. The van der Waals surface area contributed by atoms with Gasteiger partial charge in [-0.15, -0.1) is 0 Å². The molecule has 0 atom stereocenters. The van der Waals surface area contributed by atoms with E-state index in [1.165, 1.54) is 0 Å². The van der Waals surface area contributed by atoms with E-state index in [4.69, 9.17) is 9.84 Å². The third-order valence-electron chi connectivity index (χ3n) is 4.63. The van der Waals surface area contributed by atoms with Crippen LogP contribution in [0.4, 0.5) is 4.79 Å². The van der Waals surface area contributed by atoms with Gasteiger partial charge >= 0.3 is 12.0 Å². The molecule has 0 bridgehead atoms. The molecule has 0 aliphatic heterocycles. The number of likely N-dealkylation sites (N-methyl/N-ethyl adjacent to an activating group) is 1. The zero-order valence-electron chi connectivity index (χ0n) is 15.0. The average Bonchev–Trinajstić information content (AvgIpc) is 2.55. The molecule has 0 aromatic heterocycles. The molecule has 1 fully saturated rings. The number of nitrogens with zero attached hydrogens (tertiary/aromatic N) is 1. The van der Waals surface area contributed by atoms with Crippen molar-refractivity contribution in [1.82, 2.24) is 15.5 Å². The van der Waals surface area contributed by atoms with Gasteiger partial charge in [0.2, 0.25) is 0 Å². The van der Waals surface area contributed by atoms with Crippen LogP contribution < -0.4 is 15.4 Å². The maximum Gasteiger partial charge on any atom is 0.317 e. The summed E-state index contributed by atoms with van der Waals surface area (Å²) in [6.07, 6.45) is 1.57. The lowest BCUT2D eigenvalue weighted by Crippen LogP contribution is -2.56. The summed E-state index contributed by atoms with van der Waals surface area (Å²) in [4.78, 5) is 24.8. The van der Waals surface area contributed by atoms with E-state index < -0.39 is 5.97 Å². The van der Waals surface area contributed by atoms with Gasteiger partial charge in [-0.1, -0.05) is 19.1 Å². The zero-order valence-corrected chi connectivity index (χ0v) is 15.0. The van der Waals surface area contributed by atoms with Crippen LogP contribution in [-0.4, -0.2) is 54.3 Å². The van der Waals surface area contributed by atoms with Crippen molar-refractivity contribution in [3.05, 3.63) is 29.3 Å². The molecule has 138 valence electrons. The number of carbonyl (C=O) groups is 2. The minimum atomic E-state index is -0.815. The highest BCUT2D eigenvalue weighted by Crippen LogP contribution is 2.25. The largest absolute Gasteiger partial charge is 0.496 e. The summed E-state index contributed by atoms with van der Waals surface area (Å²) >= 11 is 0. The van der Waals surface area contributed by atoms with E-state index in [-0.39, 0.29) is 24.7 Å². The first-order chi connectivity index (χ1) is 11.9. The van der Waals surface area contributed by atoms with Crippen LogP contribution in [-0.2, 0) is 11.3 Å². The number of benzene rings is 1. The van der Waals surface area contributed by atoms with Crippen LogP contribution in [0.1, 0.15) is 30.9 Å². The summed E-state index contributed by atoms with van der Waals surface area (Å²) < 4.78 is 5.28. The monoisotopic (exact) mass is 349 g/mol. The summed E-state index contributed by atoms with van der Waals surface area (Å²) in [5, 5.41) is 14.7. The second-order valence-electron chi connectivity index (χ2n) is 6.41. The quantitative estimate of drug-likeness (QED) is 0.665. The van der Waals surface area contributed by atoms with Crippen LogP contribution in [0.3, 0.4) is 0 Å². The zero-order chi connectivity index (χ0) is 18.4. The Morgan fingerprint density at radius 3 is 2.68 bits per heavy atom. The molecule has 2 rings (SSSR count). The smallest absolute Gasteiger partial charge is 0.317 e. The number of ether oxygens (including phenoxy) is 1. The lowest BCUT2D eigenvalue weighted by Gasteiger charge is -2.42. The SMILES string of the molecule is CCN(CC(=O)O)C1CC(NC(=O)NCc2ccc(C)c(OC)c2)C1. The van der Waals surface area contributed by atoms with Crippen molar-refractivity contribution in [3.8, 4) is 5.75 Å². The van der Waals surface area contributed by atoms with Gasteiger partial charge in [0.1, 0.15) is 5.75 Å². The van der Waals surface area contributed by atoms with Crippen molar-refractivity contribution in [2.45, 2.75) is 45.3 Å². The third-order valence-corrected chi connectivity index (χ3v) is 4.63. The summed E-state index contributed by atoms with van der Waals surface area (Å²) in [5.41, 5.74) is 2.03. The van der Waals surface area contributed by atoms with Gasteiger partial charge in [0.25, 0.3) is 0 Å². The number of nitrogens with one attached hydrogen (secondary N) is 2. The van der Waals surface area contributed by atoms with Gasteiger partial charge in [-0.25, -0.2) is 4.79 Å². The predicted molar refractivity (Wildman–Crippen MR) is 94.8 cm³/mol. The highest BCUT2D eigenvalue weighted by Gasteiger charge is 2.34. The molecule has 0 unspecified atom stereocenters. The molecule has 1 aliphatic carbocycles. The third kappa shape index (κ3) is 5.35. The number of methoxy groups -OCH3 is 1. The number of carboxylic acid groups (broad SMARTS) is 1. The molecule has 0 heterocycles. The van der Waals surface area contributed by atoms with E-state index in [0.717, 1.165) is 29.7 Å². The number of amides is 2. The number of urea groups is 1. The van der Waals surface area contributed by atoms with Gasteiger partial charge in [-0.05, 0) is 43.5 Å². The first-order valence-electron chi connectivity index (χ1n) is 8.56. The van der Waals surface area contributed by atoms with Crippen LogP contribution in [0, 0.1) is 6.92 Å². The standard InChI is InChI=1S/C18H27N3O4/c1-4-21(11-17(22)23)15-8-14(9-15)20-18(24)19-10-13-6-5-12(2)16(7-13)25-3/h5-7,14-15H,4,8-11H2,1-3H3,(H,22,23)(H2,19,20,24). The summed E-state index contributed by atoms with van der Waals surface area (Å²) in [6.45, 7) is 5.10. The number of carboxylic acids is 1. The predicted octanol–water partition coefficient (Wildman–Crippen LogP) is 1.74. The van der Waals surface area contributed by atoms with E-state index in [2.05, 4.69) is 10.6 Å². The number of rotatable bonds is 8. The van der Waals surface area contributed by atoms with Crippen molar-refractivity contribution in [3.63, 3.8) is 0 Å². The van der Waals surface area contributed by atoms with Crippen LogP contribution >= 0.6 is 0 Å². The van der Waals surface area contributed by atoms with E-state index in [1.807, 2.05) is 36.9 Å². The Kier molecular flexibility index (Phi) is 6.64. The van der Waals surface area contributed by atoms with Crippen LogP contribution in [0.2, 0.25) is 0 Å². The Hall–Kier alpha value is -2.28. The number of hydrogen-bond acceptors (Lipinski definition) is 4. The molecule has 1 aromatic rings. The second kappa shape index (κ2) is 8.71. The summed E-state index contributed by atoms with van der Waals surface area (Å²) in [7, 11) is 1.63. The molecule has 0 spiro atoms. The fourth-order valence-electron chi connectivity index (χ4n) is 3.07. The molecule has 1 saturated carbocycles. The van der Waals surface area contributed by atoms with Crippen molar-refractivity contribution in [2.24, 2.45) is 0 Å². The van der Waals surface area contributed by atoms with Crippen molar-refractivity contribution >= 4 is 12.0 Å². The number of aryl methyl sites for hydroxylation is 1. The topological polar surface area (TPSA) is 90.9 Å². The normalized spacial score (nSPS) is 19.2. The first kappa shape index (κ1) is 19.1. The van der Waals surface area contributed by atoms with Gasteiger partial charge in [0, 0.05) is 18.6 Å². The Morgan fingerprint density at radius 2 is 2.08 bits per heavy atom. The Balaban J connectivity index is 1.72. The van der Waals surface area contributed by atoms with Gasteiger partial charge in [0.15, 0.2) is 0 Å². The minimum Gasteiger partial charge on any atom is -0.496 e. The van der Waals surface area contributed by atoms with E-state index in [1.54, 1.807) is 7.11 Å². The van der Waals surface area contributed by atoms with Gasteiger partial charge < -0.3 is 20.5 Å². The Morgan fingerprint density at radius 1 is 1.36 bits per heavy atom. The fourth-order valence-corrected chi connectivity index (χ4v) is 3.07. The van der Waals surface area contributed by atoms with Crippen LogP contribution in [0.15, 0.2) is 18.2 Å². The molecule has 25 heavy (non-hydrogen) atoms. The number of carbonyl (C=O) groups excluding carboxylic acids is 1. The molecule has 1 aliphatic rings. The minimum absolute atomic E-state index is 0.0509. The average molecular weight is 349 g/mol. The molecular formula is C18H27N3O4. The van der Waals surface area contributed by atoms with E-state index >= 15 is 0 Å². The van der Waals surface area contributed by atoms with Gasteiger partial charge in [-0.3, -0.25) is 9.69 Å². The number of aliphatic carboxylic acids is 1. The number of hydrogen-bond donors (Lipinski definition) is 3. The van der Waals surface area contributed by atoms with Gasteiger partial charge in [0.05, 0.1) is 13.7 Å². The molecule has 0 saturated heterocycles. The van der Waals surface area contributed by atoms with E-state index in [9.17, 15) is 9.59 Å². The molecule has 2 amide bonds. The maximum absolute atomic E-state index is 12.0. The molecule has 0 radical (unpaired) electrons. The highest BCUT2D eigenvalue weighted by molar-refractivity contribution is 5.74. The van der Waals surface area contributed by atoms with Crippen molar-refractivity contribution in [2.75, 3.05) is 20.2 Å². The van der Waals surface area contributed by atoms with E-state index in [0.29, 0.717) is 13.1 Å². The Labute approximate surface area is 148 Å². The Bertz CT molecular complexity index is 614. The molecule has 7 nitrogen and oxygen atoms in total. The summed E-state index contributed by atoms with van der Waals surface area (Å²) in [6, 6.07) is 5.96. The van der Waals surface area contributed by atoms with Crippen LogP contribution in [0.25, 0.3) is 0 Å². The van der Waals surface area contributed by atoms with Gasteiger partial charge in [-0.2, -0.15) is 0 Å². The lowest BCUT2D eigenvalue weighted by molar-refractivity contribution is -0.139. The lowest BCUT2D eigenvalue weighted by atomic mass is 9.85.